The Kier molecular flexibility index (Phi) is 4.12. The summed E-state index contributed by atoms with van der Waals surface area (Å²) in [6.45, 7) is 2.85. The number of hydrogen-bond acceptors (Lipinski definition) is 4. The maximum Gasteiger partial charge on any atom is 0.221 e. The molecule has 0 unspecified atom stereocenters. The Balaban J connectivity index is 2.23. The topological polar surface area (TPSA) is 67.2 Å². The van der Waals surface area contributed by atoms with E-state index in [4.69, 9.17) is 4.42 Å². The lowest BCUT2D eigenvalue weighted by Crippen LogP contribution is -2.26. The molecule has 1 rings (SSSR count). The fourth-order valence-corrected chi connectivity index (χ4v) is 0.984. The molecule has 0 aliphatic rings. The van der Waals surface area contributed by atoms with Crippen LogP contribution >= 0.6 is 0 Å². The summed E-state index contributed by atoms with van der Waals surface area (Å²) in [4.78, 5) is 15.1. The smallest absolute Gasteiger partial charge is 0.221 e. The number of carbonyl (C=O) groups excluding carboxylic acids is 1. The van der Waals surface area contributed by atoms with Crippen LogP contribution < -0.4 is 10.6 Å². The summed E-state index contributed by atoms with van der Waals surface area (Å²) in [5.41, 5.74) is 0. The van der Waals surface area contributed by atoms with Crippen LogP contribution in [0.3, 0.4) is 0 Å². The molecule has 0 aliphatic heterocycles. The van der Waals surface area contributed by atoms with Crippen molar-refractivity contribution < 1.29 is 9.21 Å². The number of hydrogen-bond donors (Lipinski definition) is 2. The summed E-state index contributed by atoms with van der Waals surface area (Å²) in [6, 6.07) is 0. The molecule has 0 saturated heterocycles. The molecule has 0 fully saturated rings. The van der Waals surface area contributed by atoms with Crippen LogP contribution in [0.4, 0.5) is 0 Å². The molecule has 0 bridgehead atoms. The zero-order chi connectivity index (χ0) is 10.4. The van der Waals surface area contributed by atoms with Gasteiger partial charge in [-0.15, -0.1) is 0 Å². The Morgan fingerprint density at radius 1 is 1.64 bits per heavy atom. The lowest BCUT2D eigenvalue weighted by molar-refractivity contribution is -0.121. The molecule has 2 N–H and O–H groups in total. The van der Waals surface area contributed by atoms with E-state index < -0.39 is 0 Å². The van der Waals surface area contributed by atoms with Crippen molar-refractivity contribution in [3.63, 3.8) is 0 Å². The normalized spacial score (nSPS) is 10.1. The predicted octanol–water partition coefficient (Wildman–Crippen LogP) is 0.209. The zero-order valence-corrected chi connectivity index (χ0v) is 8.46. The predicted molar refractivity (Wildman–Crippen MR) is 51.6 cm³/mol. The van der Waals surface area contributed by atoms with Crippen LogP contribution in [0.25, 0.3) is 0 Å². The first-order valence-electron chi connectivity index (χ1n) is 4.55. The SMILES string of the molecule is CNCCC(=O)NCc1ncc(C)o1. The van der Waals surface area contributed by atoms with Gasteiger partial charge in [-0.3, -0.25) is 4.79 Å². The first kappa shape index (κ1) is 10.7. The standard InChI is InChI=1S/C9H15N3O2/c1-7-5-12-9(14-7)6-11-8(13)3-4-10-2/h5,10H,3-4,6H2,1-2H3,(H,11,13). The summed E-state index contributed by atoms with van der Waals surface area (Å²) in [5, 5.41) is 5.61. The molecule has 1 aromatic heterocycles. The van der Waals surface area contributed by atoms with Gasteiger partial charge in [0, 0.05) is 13.0 Å². The maximum atomic E-state index is 11.2. The highest BCUT2D eigenvalue weighted by atomic mass is 16.4. The molecule has 5 nitrogen and oxygen atoms in total. The first-order valence-corrected chi connectivity index (χ1v) is 4.55. The quantitative estimate of drug-likeness (QED) is 0.708. The molecule has 0 saturated carbocycles. The molecule has 0 atom stereocenters. The molecule has 1 amide bonds. The van der Waals surface area contributed by atoms with Crippen LogP contribution in [-0.4, -0.2) is 24.5 Å². The minimum Gasteiger partial charge on any atom is -0.444 e. The number of nitrogens with one attached hydrogen (secondary N) is 2. The Bertz CT molecular complexity index is 296. The number of rotatable bonds is 5. The zero-order valence-electron chi connectivity index (χ0n) is 8.46. The Hall–Kier alpha value is -1.36. The van der Waals surface area contributed by atoms with Crippen LogP contribution in [-0.2, 0) is 11.3 Å². The van der Waals surface area contributed by atoms with Gasteiger partial charge in [-0.1, -0.05) is 0 Å². The van der Waals surface area contributed by atoms with Gasteiger partial charge < -0.3 is 15.1 Å². The molecule has 78 valence electrons. The summed E-state index contributed by atoms with van der Waals surface area (Å²) in [6.07, 6.45) is 2.10. The van der Waals surface area contributed by atoms with Crippen LogP contribution in [0.5, 0.6) is 0 Å². The van der Waals surface area contributed by atoms with Gasteiger partial charge >= 0.3 is 0 Å². The van der Waals surface area contributed by atoms with E-state index in [1.807, 2.05) is 14.0 Å². The van der Waals surface area contributed by atoms with Crippen LogP contribution in [0.15, 0.2) is 10.6 Å². The Morgan fingerprint density at radius 3 is 3.00 bits per heavy atom. The van der Waals surface area contributed by atoms with E-state index in [9.17, 15) is 4.79 Å². The molecule has 0 spiro atoms. The van der Waals surface area contributed by atoms with E-state index in [-0.39, 0.29) is 5.91 Å². The molecular formula is C9H15N3O2. The number of amides is 1. The van der Waals surface area contributed by atoms with Crippen molar-refractivity contribution in [2.24, 2.45) is 0 Å². The van der Waals surface area contributed by atoms with Crippen LogP contribution in [0, 0.1) is 6.92 Å². The molecule has 0 aromatic carbocycles. The molecule has 1 heterocycles. The fraction of sp³-hybridized carbons (Fsp3) is 0.556. The van der Waals surface area contributed by atoms with Crippen molar-refractivity contribution in [1.82, 2.24) is 15.6 Å². The fourth-order valence-electron chi connectivity index (χ4n) is 0.984. The van der Waals surface area contributed by atoms with Crippen LogP contribution in [0.2, 0.25) is 0 Å². The number of nitrogens with zero attached hydrogens (tertiary/aromatic N) is 1. The van der Waals surface area contributed by atoms with Gasteiger partial charge in [0.25, 0.3) is 0 Å². The van der Waals surface area contributed by atoms with Gasteiger partial charge in [0.1, 0.15) is 5.76 Å². The first-order chi connectivity index (χ1) is 6.72. The number of carbonyl (C=O) groups is 1. The molecule has 1 aromatic rings. The second kappa shape index (κ2) is 5.39. The Labute approximate surface area is 82.9 Å². The Morgan fingerprint density at radius 2 is 2.43 bits per heavy atom. The molecule has 14 heavy (non-hydrogen) atoms. The van der Waals surface area contributed by atoms with Gasteiger partial charge in [-0.05, 0) is 14.0 Å². The summed E-state index contributed by atoms with van der Waals surface area (Å²) < 4.78 is 5.20. The highest BCUT2D eigenvalue weighted by Crippen LogP contribution is 2.00. The van der Waals surface area contributed by atoms with Gasteiger partial charge in [0.05, 0.1) is 12.7 Å². The van der Waals surface area contributed by atoms with Crippen LogP contribution in [0.1, 0.15) is 18.1 Å². The molecule has 5 heteroatoms. The van der Waals surface area contributed by atoms with Gasteiger partial charge in [-0.2, -0.15) is 0 Å². The number of oxazole rings is 1. The van der Waals surface area contributed by atoms with E-state index in [2.05, 4.69) is 15.6 Å². The van der Waals surface area contributed by atoms with Crippen molar-refractivity contribution in [1.29, 1.82) is 0 Å². The third-order valence-electron chi connectivity index (χ3n) is 1.71. The van der Waals surface area contributed by atoms with Gasteiger partial charge in [-0.25, -0.2) is 4.98 Å². The minimum atomic E-state index is -0.00444. The average Bonchev–Trinajstić information content (AvgIpc) is 2.58. The summed E-state index contributed by atoms with van der Waals surface area (Å²) >= 11 is 0. The molecular weight excluding hydrogens is 182 g/mol. The van der Waals surface area contributed by atoms with Crippen molar-refractivity contribution in [3.8, 4) is 0 Å². The highest BCUT2D eigenvalue weighted by molar-refractivity contribution is 5.75. The van der Waals surface area contributed by atoms with E-state index in [0.717, 1.165) is 5.76 Å². The van der Waals surface area contributed by atoms with Crippen molar-refractivity contribution in [2.45, 2.75) is 19.9 Å². The monoisotopic (exact) mass is 197 g/mol. The maximum absolute atomic E-state index is 11.2. The lowest BCUT2D eigenvalue weighted by atomic mass is 10.4. The molecule has 0 radical (unpaired) electrons. The third-order valence-corrected chi connectivity index (χ3v) is 1.71. The summed E-state index contributed by atoms with van der Waals surface area (Å²) in [5.74, 6) is 1.29. The molecule has 0 aliphatic carbocycles. The highest BCUT2D eigenvalue weighted by Gasteiger charge is 2.03. The number of aryl methyl sites for hydroxylation is 1. The average molecular weight is 197 g/mol. The van der Waals surface area contributed by atoms with E-state index in [0.29, 0.717) is 25.4 Å². The second-order valence-electron chi connectivity index (χ2n) is 2.99. The van der Waals surface area contributed by atoms with Crippen molar-refractivity contribution in [2.75, 3.05) is 13.6 Å². The van der Waals surface area contributed by atoms with Crippen molar-refractivity contribution in [3.05, 3.63) is 17.8 Å². The lowest BCUT2D eigenvalue weighted by Gasteiger charge is -2.01. The van der Waals surface area contributed by atoms with Crippen molar-refractivity contribution >= 4 is 5.91 Å². The largest absolute Gasteiger partial charge is 0.444 e. The van der Waals surface area contributed by atoms with Gasteiger partial charge in [0.15, 0.2) is 0 Å². The minimum absolute atomic E-state index is 0.00444. The van der Waals surface area contributed by atoms with Gasteiger partial charge in [0.2, 0.25) is 11.8 Å². The van der Waals surface area contributed by atoms with E-state index >= 15 is 0 Å². The number of aromatic nitrogens is 1. The second-order valence-corrected chi connectivity index (χ2v) is 2.99. The summed E-state index contributed by atoms with van der Waals surface area (Å²) in [7, 11) is 1.81. The van der Waals surface area contributed by atoms with E-state index in [1.165, 1.54) is 0 Å². The van der Waals surface area contributed by atoms with E-state index in [1.54, 1.807) is 6.20 Å². The third kappa shape index (κ3) is 3.57.